The van der Waals surface area contributed by atoms with Gasteiger partial charge in [0.2, 0.25) is 11.8 Å². The van der Waals surface area contributed by atoms with Crippen molar-refractivity contribution in [3.05, 3.63) is 41.6 Å². The zero-order valence-electron chi connectivity index (χ0n) is 17.8. The molecule has 2 amide bonds. The molecule has 1 aromatic heterocycles. The van der Waals surface area contributed by atoms with Crippen LogP contribution in [-0.2, 0) is 16.1 Å². The summed E-state index contributed by atoms with van der Waals surface area (Å²) < 4.78 is 0. The lowest BCUT2D eigenvalue weighted by molar-refractivity contribution is -0.142. The highest BCUT2D eigenvalue weighted by atomic mass is 16.2. The topological polar surface area (TPSA) is 62.3 Å². The quantitative estimate of drug-likeness (QED) is 0.879. The number of nitrogens with one attached hydrogen (secondary N) is 1. The summed E-state index contributed by atoms with van der Waals surface area (Å²) in [5.74, 6) is -0.00825. The number of rotatable bonds is 4. The molecule has 0 aliphatic heterocycles. The van der Waals surface area contributed by atoms with Crippen LogP contribution in [0.3, 0.4) is 0 Å². The molecule has 2 atom stereocenters. The molecule has 1 saturated carbocycles. The first-order valence-electron chi connectivity index (χ1n) is 9.92. The molecule has 0 unspecified atom stereocenters. The number of benzene rings is 1. The third-order valence-electron chi connectivity index (χ3n) is 7.02. The van der Waals surface area contributed by atoms with Gasteiger partial charge >= 0.3 is 0 Å². The fraction of sp³-hybridized carbons (Fsp3) is 0.522. The van der Waals surface area contributed by atoms with Crippen LogP contribution in [0.1, 0.15) is 44.7 Å². The number of carbonyl (C=O) groups is 2. The number of amides is 2. The minimum atomic E-state index is -0.583. The number of aromatic nitrogens is 1. The third kappa shape index (κ3) is 3.17. The Bertz CT molecular complexity index is 919. The summed E-state index contributed by atoms with van der Waals surface area (Å²) in [7, 11) is 3.57. The molecule has 1 heterocycles. The van der Waals surface area contributed by atoms with E-state index in [9.17, 15) is 9.59 Å². The molecule has 0 bridgehead atoms. The SMILES string of the molecule is Cc1ccc2ncccc2c1CNC(=O)[C@@]1(C)CC[C@@H](C(=O)N(C)C)C1(C)C. The van der Waals surface area contributed by atoms with Crippen LogP contribution in [0.25, 0.3) is 10.9 Å². The Hall–Kier alpha value is -2.43. The molecule has 5 heteroatoms. The second kappa shape index (κ2) is 7.19. The zero-order valence-corrected chi connectivity index (χ0v) is 17.8. The van der Waals surface area contributed by atoms with E-state index in [1.54, 1.807) is 25.2 Å². The summed E-state index contributed by atoms with van der Waals surface area (Å²) in [5.41, 5.74) is 2.17. The van der Waals surface area contributed by atoms with Crippen molar-refractivity contribution < 1.29 is 9.59 Å². The lowest BCUT2D eigenvalue weighted by atomic mass is 9.65. The summed E-state index contributed by atoms with van der Waals surface area (Å²) in [4.78, 5) is 32.0. The summed E-state index contributed by atoms with van der Waals surface area (Å²) in [6, 6.07) is 8.02. The van der Waals surface area contributed by atoms with Crippen LogP contribution in [0.15, 0.2) is 30.5 Å². The van der Waals surface area contributed by atoms with Crippen molar-refractivity contribution >= 4 is 22.7 Å². The molecule has 1 aliphatic carbocycles. The fourth-order valence-corrected chi connectivity index (χ4v) is 4.57. The van der Waals surface area contributed by atoms with Crippen LogP contribution in [-0.4, -0.2) is 35.8 Å². The van der Waals surface area contributed by atoms with Gasteiger partial charge in [-0.2, -0.15) is 0 Å². The second-order valence-electron chi connectivity index (χ2n) is 8.99. The van der Waals surface area contributed by atoms with Gasteiger partial charge in [0.1, 0.15) is 0 Å². The van der Waals surface area contributed by atoms with Crippen LogP contribution >= 0.6 is 0 Å². The maximum atomic E-state index is 13.3. The maximum Gasteiger partial charge on any atom is 0.226 e. The highest BCUT2D eigenvalue weighted by Crippen LogP contribution is 2.56. The normalized spacial score (nSPS) is 23.6. The standard InChI is InChI=1S/C23H31N3O2/c1-15-9-10-19-16(8-7-13-24-19)17(15)14-25-21(28)23(4)12-11-18(22(23,2)3)20(27)26(5)6/h7-10,13,18H,11-12,14H2,1-6H3,(H,25,28)/t18-,23+/m0/s1. The third-order valence-corrected chi connectivity index (χ3v) is 7.02. The van der Waals surface area contributed by atoms with Crippen LogP contribution in [0.4, 0.5) is 0 Å². The Morgan fingerprint density at radius 1 is 1.21 bits per heavy atom. The van der Waals surface area contributed by atoms with Gasteiger partial charge in [0, 0.05) is 38.1 Å². The molecule has 0 spiro atoms. The van der Waals surface area contributed by atoms with Gasteiger partial charge in [-0.25, -0.2) is 0 Å². The lowest BCUT2D eigenvalue weighted by Crippen LogP contribution is -2.49. The van der Waals surface area contributed by atoms with E-state index >= 15 is 0 Å². The molecule has 2 aromatic rings. The largest absolute Gasteiger partial charge is 0.352 e. The van der Waals surface area contributed by atoms with Gasteiger partial charge < -0.3 is 10.2 Å². The summed E-state index contributed by atoms with van der Waals surface area (Å²) in [6.07, 6.45) is 3.24. The van der Waals surface area contributed by atoms with E-state index in [0.29, 0.717) is 13.0 Å². The van der Waals surface area contributed by atoms with Gasteiger partial charge in [-0.1, -0.05) is 32.9 Å². The van der Waals surface area contributed by atoms with Gasteiger partial charge in [0.25, 0.3) is 0 Å². The number of hydrogen-bond acceptors (Lipinski definition) is 3. The van der Waals surface area contributed by atoms with E-state index in [1.807, 2.05) is 31.2 Å². The first-order chi connectivity index (χ1) is 13.1. The van der Waals surface area contributed by atoms with E-state index in [-0.39, 0.29) is 17.7 Å². The number of pyridine rings is 1. The van der Waals surface area contributed by atoms with Gasteiger partial charge in [0.15, 0.2) is 0 Å². The van der Waals surface area contributed by atoms with E-state index in [0.717, 1.165) is 28.5 Å². The van der Waals surface area contributed by atoms with Crippen molar-refractivity contribution in [1.29, 1.82) is 0 Å². The number of aryl methyl sites for hydroxylation is 1. The monoisotopic (exact) mass is 381 g/mol. The molecule has 150 valence electrons. The van der Waals surface area contributed by atoms with Crippen molar-refractivity contribution in [2.45, 2.75) is 47.1 Å². The van der Waals surface area contributed by atoms with Crippen molar-refractivity contribution in [3.63, 3.8) is 0 Å². The smallest absolute Gasteiger partial charge is 0.226 e. The van der Waals surface area contributed by atoms with Crippen molar-refractivity contribution in [3.8, 4) is 0 Å². The van der Waals surface area contributed by atoms with E-state index in [4.69, 9.17) is 0 Å². The fourth-order valence-electron chi connectivity index (χ4n) is 4.57. The van der Waals surface area contributed by atoms with Crippen molar-refractivity contribution in [2.24, 2.45) is 16.7 Å². The number of hydrogen-bond donors (Lipinski definition) is 1. The first-order valence-corrected chi connectivity index (χ1v) is 9.92. The first kappa shape index (κ1) is 20.3. The summed E-state index contributed by atoms with van der Waals surface area (Å²) in [6.45, 7) is 8.63. The Kier molecular flexibility index (Phi) is 5.22. The predicted molar refractivity (Wildman–Crippen MR) is 112 cm³/mol. The zero-order chi connectivity index (χ0) is 20.7. The lowest BCUT2D eigenvalue weighted by Gasteiger charge is -2.40. The van der Waals surface area contributed by atoms with Crippen molar-refractivity contribution in [2.75, 3.05) is 14.1 Å². The number of carbonyl (C=O) groups excluding carboxylic acids is 2. The van der Waals surface area contributed by atoms with Gasteiger partial charge in [-0.15, -0.1) is 0 Å². The number of fused-ring (bicyclic) bond motifs is 1. The molecule has 28 heavy (non-hydrogen) atoms. The molecule has 1 aromatic carbocycles. The van der Waals surface area contributed by atoms with Crippen molar-refractivity contribution in [1.82, 2.24) is 15.2 Å². The predicted octanol–water partition coefficient (Wildman–Crippen LogP) is 3.69. The average Bonchev–Trinajstić information content (AvgIpc) is 2.90. The number of nitrogens with zero attached hydrogens (tertiary/aromatic N) is 2. The molecular formula is C23H31N3O2. The Labute approximate surface area is 167 Å². The molecule has 0 saturated heterocycles. The maximum absolute atomic E-state index is 13.3. The molecule has 1 N–H and O–H groups in total. The molecule has 1 fully saturated rings. The van der Waals surface area contributed by atoms with Crippen LogP contribution < -0.4 is 5.32 Å². The Balaban J connectivity index is 1.82. The van der Waals surface area contributed by atoms with Crippen LogP contribution in [0.2, 0.25) is 0 Å². The van der Waals surface area contributed by atoms with E-state index in [2.05, 4.69) is 31.1 Å². The van der Waals surface area contributed by atoms with Gasteiger partial charge in [0.05, 0.1) is 10.9 Å². The molecule has 0 radical (unpaired) electrons. The van der Waals surface area contributed by atoms with Crippen LogP contribution in [0.5, 0.6) is 0 Å². The highest BCUT2D eigenvalue weighted by Gasteiger charge is 2.58. The summed E-state index contributed by atoms with van der Waals surface area (Å²) in [5, 5.41) is 4.24. The molecule has 5 nitrogen and oxygen atoms in total. The van der Waals surface area contributed by atoms with E-state index < -0.39 is 10.8 Å². The average molecular weight is 382 g/mol. The minimum Gasteiger partial charge on any atom is -0.352 e. The second-order valence-corrected chi connectivity index (χ2v) is 8.99. The Morgan fingerprint density at radius 2 is 1.93 bits per heavy atom. The summed E-state index contributed by atoms with van der Waals surface area (Å²) >= 11 is 0. The van der Waals surface area contributed by atoms with E-state index in [1.165, 1.54) is 0 Å². The van der Waals surface area contributed by atoms with Gasteiger partial charge in [-0.05, 0) is 48.4 Å². The Morgan fingerprint density at radius 3 is 2.61 bits per heavy atom. The molecule has 3 rings (SSSR count). The highest BCUT2D eigenvalue weighted by molar-refractivity contribution is 5.88. The minimum absolute atomic E-state index is 0.0202. The molecule has 1 aliphatic rings. The molecular weight excluding hydrogens is 350 g/mol. The van der Waals surface area contributed by atoms with Gasteiger partial charge in [-0.3, -0.25) is 14.6 Å². The van der Waals surface area contributed by atoms with Crippen LogP contribution in [0, 0.1) is 23.7 Å².